The van der Waals surface area contributed by atoms with Crippen LogP contribution < -0.4 is 10.5 Å². The van der Waals surface area contributed by atoms with Crippen LogP contribution >= 0.6 is 0 Å². The second-order valence-corrected chi connectivity index (χ2v) is 5.92. The summed E-state index contributed by atoms with van der Waals surface area (Å²) in [6.07, 6.45) is 6.19. The number of anilines is 1. The summed E-state index contributed by atoms with van der Waals surface area (Å²) in [5, 5.41) is 8.73. The van der Waals surface area contributed by atoms with E-state index in [1.54, 1.807) is 17.0 Å². The number of nitrogens with zero attached hydrogens (tertiary/aromatic N) is 3. The molecule has 0 bridgehead atoms. The van der Waals surface area contributed by atoms with Crippen LogP contribution in [0.25, 0.3) is 0 Å². The van der Waals surface area contributed by atoms with Crippen molar-refractivity contribution in [3.8, 4) is 0 Å². The maximum absolute atomic E-state index is 12.4. The fraction of sp³-hybridized carbons (Fsp3) is 0.667. The Bertz CT molecular complexity index is 545. The molecule has 2 heterocycles. The van der Waals surface area contributed by atoms with E-state index in [1.165, 1.54) is 0 Å². The van der Waals surface area contributed by atoms with Gasteiger partial charge < -0.3 is 14.6 Å². The minimum Gasteiger partial charge on any atom is -0.481 e. The molecule has 0 aliphatic carbocycles. The summed E-state index contributed by atoms with van der Waals surface area (Å²) in [4.78, 5) is 29.3. The highest BCUT2D eigenvalue weighted by molar-refractivity contribution is 5.66. The van der Waals surface area contributed by atoms with Gasteiger partial charge in [0.15, 0.2) is 5.82 Å². The van der Waals surface area contributed by atoms with Gasteiger partial charge in [0.1, 0.15) is 0 Å². The molecule has 1 saturated heterocycles. The van der Waals surface area contributed by atoms with Crippen LogP contribution in [0.4, 0.5) is 5.82 Å². The molecule has 1 aliphatic rings. The molecule has 116 valence electrons. The number of rotatable bonds is 5. The minimum absolute atomic E-state index is 0.0449. The van der Waals surface area contributed by atoms with Gasteiger partial charge in [-0.25, -0.2) is 4.98 Å². The third-order valence-electron chi connectivity index (χ3n) is 4.09. The summed E-state index contributed by atoms with van der Waals surface area (Å²) in [6.45, 7) is 5.50. The van der Waals surface area contributed by atoms with E-state index in [-0.39, 0.29) is 18.0 Å². The van der Waals surface area contributed by atoms with Crippen molar-refractivity contribution >= 4 is 11.8 Å². The number of aliphatic carboxylic acids is 1. The third kappa shape index (κ3) is 3.83. The molecule has 1 aromatic heterocycles. The molecule has 1 aromatic rings. The highest BCUT2D eigenvalue weighted by atomic mass is 16.4. The predicted octanol–water partition coefficient (Wildman–Crippen LogP) is 1.91. The molecule has 0 unspecified atom stereocenters. The first-order valence-corrected chi connectivity index (χ1v) is 7.53. The van der Waals surface area contributed by atoms with Crippen LogP contribution in [0.2, 0.25) is 0 Å². The number of piperidine rings is 1. The summed E-state index contributed by atoms with van der Waals surface area (Å²) < 4.78 is 1.69. The Morgan fingerprint density at radius 1 is 1.43 bits per heavy atom. The Balaban J connectivity index is 2.01. The van der Waals surface area contributed by atoms with Crippen LogP contribution in [0, 0.1) is 5.92 Å². The third-order valence-corrected chi connectivity index (χ3v) is 4.09. The molecular formula is C15H23N3O3. The van der Waals surface area contributed by atoms with Crippen LogP contribution in [0.5, 0.6) is 0 Å². The quantitative estimate of drug-likeness (QED) is 0.897. The zero-order chi connectivity index (χ0) is 15.4. The molecule has 0 atom stereocenters. The summed E-state index contributed by atoms with van der Waals surface area (Å²) in [5.41, 5.74) is -0.0449. The van der Waals surface area contributed by atoms with Gasteiger partial charge in [0.05, 0.1) is 0 Å². The Hall–Kier alpha value is -1.85. The van der Waals surface area contributed by atoms with Crippen LogP contribution in [0.3, 0.4) is 0 Å². The molecule has 6 nitrogen and oxygen atoms in total. The van der Waals surface area contributed by atoms with Gasteiger partial charge in [-0.3, -0.25) is 9.59 Å². The van der Waals surface area contributed by atoms with E-state index in [1.807, 2.05) is 18.7 Å². The van der Waals surface area contributed by atoms with E-state index in [2.05, 4.69) is 4.98 Å². The van der Waals surface area contributed by atoms with Gasteiger partial charge in [0.25, 0.3) is 5.56 Å². The zero-order valence-electron chi connectivity index (χ0n) is 12.7. The standard InChI is InChI=1S/C15H23N3O3/c1-11(2)18-10-7-16-14(15(18)21)17-8-5-12(6-9-17)3-4-13(19)20/h7,10-12H,3-6,8-9H2,1-2H3,(H,19,20). The van der Waals surface area contributed by atoms with Crippen molar-refractivity contribution in [2.24, 2.45) is 5.92 Å². The number of carboxylic acids is 1. The average Bonchev–Trinajstić information content (AvgIpc) is 2.45. The predicted molar refractivity (Wildman–Crippen MR) is 80.7 cm³/mol. The van der Waals surface area contributed by atoms with Crippen molar-refractivity contribution < 1.29 is 9.90 Å². The summed E-state index contributed by atoms with van der Waals surface area (Å²) in [6, 6.07) is 0.118. The van der Waals surface area contributed by atoms with E-state index in [4.69, 9.17) is 5.11 Å². The number of aromatic nitrogens is 2. The summed E-state index contributed by atoms with van der Waals surface area (Å²) in [7, 11) is 0. The van der Waals surface area contributed by atoms with E-state index in [0.29, 0.717) is 11.7 Å². The van der Waals surface area contributed by atoms with Crippen molar-refractivity contribution in [1.82, 2.24) is 9.55 Å². The lowest BCUT2D eigenvalue weighted by Gasteiger charge is -2.32. The van der Waals surface area contributed by atoms with Crippen molar-refractivity contribution in [3.05, 3.63) is 22.7 Å². The largest absolute Gasteiger partial charge is 0.481 e. The lowest BCUT2D eigenvalue weighted by molar-refractivity contribution is -0.137. The number of hydrogen-bond donors (Lipinski definition) is 1. The number of carboxylic acid groups (broad SMARTS) is 1. The molecule has 1 aliphatic heterocycles. The highest BCUT2D eigenvalue weighted by Gasteiger charge is 2.23. The van der Waals surface area contributed by atoms with Crippen molar-refractivity contribution in [2.75, 3.05) is 18.0 Å². The monoisotopic (exact) mass is 293 g/mol. The lowest BCUT2D eigenvalue weighted by atomic mass is 9.92. The SMILES string of the molecule is CC(C)n1ccnc(N2CCC(CCC(=O)O)CC2)c1=O. The number of hydrogen-bond acceptors (Lipinski definition) is 4. The van der Waals surface area contributed by atoms with Crippen molar-refractivity contribution in [1.29, 1.82) is 0 Å². The lowest BCUT2D eigenvalue weighted by Crippen LogP contribution is -2.39. The molecule has 21 heavy (non-hydrogen) atoms. The molecule has 0 spiro atoms. The highest BCUT2D eigenvalue weighted by Crippen LogP contribution is 2.23. The smallest absolute Gasteiger partial charge is 0.303 e. The van der Waals surface area contributed by atoms with Gasteiger partial charge in [-0.15, -0.1) is 0 Å². The molecule has 0 saturated carbocycles. The second-order valence-electron chi connectivity index (χ2n) is 5.92. The Labute approximate surface area is 124 Å². The van der Waals surface area contributed by atoms with Gasteiger partial charge in [-0.1, -0.05) is 0 Å². The zero-order valence-corrected chi connectivity index (χ0v) is 12.7. The Morgan fingerprint density at radius 2 is 2.10 bits per heavy atom. The topological polar surface area (TPSA) is 75.4 Å². The average molecular weight is 293 g/mol. The first-order valence-electron chi connectivity index (χ1n) is 7.53. The molecule has 2 rings (SSSR count). The summed E-state index contributed by atoms with van der Waals surface area (Å²) in [5.74, 6) is 0.221. The van der Waals surface area contributed by atoms with Crippen LogP contribution in [-0.2, 0) is 4.79 Å². The van der Waals surface area contributed by atoms with Crippen LogP contribution in [-0.4, -0.2) is 33.7 Å². The van der Waals surface area contributed by atoms with E-state index in [0.717, 1.165) is 32.4 Å². The van der Waals surface area contributed by atoms with Gasteiger partial charge in [-0.2, -0.15) is 0 Å². The molecule has 6 heteroatoms. The first kappa shape index (κ1) is 15.5. The maximum Gasteiger partial charge on any atom is 0.303 e. The normalized spacial score (nSPS) is 16.4. The molecule has 0 amide bonds. The molecular weight excluding hydrogens is 270 g/mol. The molecule has 1 fully saturated rings. The fourth-order valence-electron chi connectivity index (χ4n) is 2.80. The van der Waals surface area contributed by atoms with Gasteiger partial charge in [-0.05, 0) is 39.0 Å². The van der Waals surface area contributed by atoms with Gasteiger partial charge in [0.2, 0.25) is 0 Å². The number of carbonyl (C=O) groups is 1. The van der Waals surface area contributed by atoms with Gasteiger partial charge in [0, 0.05) is 37.9 Å². The van der Waals surface area contributed by atoms with Crippen LogP contribution in [0.15, 0.2) is 17.2 Å². The van der Waals surface area contributed by atoms with Crippen molar-refractivity contribution in [2.45, 2.75) is 45.6 Å². The Kier molecular flexibility index (Phi) is 4.98. The Morgan fingerprint density at radius 3 is 2.67 bits per heavy atom. The minimum atomic E-state index is -0.734. The molecule has 0 aromatic carbocycles. The molecule has 0 radical (unpaired) electrons. The van der Waals surface area contributed by atoms with Crippen molar-refractivity contribution in [3.63, 3.8) is 0 Å². The van der Waals surface area contributed by atoms with E-state index in [9.17, 15) is 9.59 Å². The van der Waals surface area contributed by atoms with Crippen LogP contribution in [0.1, 0.15) is 45.6 Å². The van der Waals surface area contributed by atoms with Gasteiger partial charge >= 0.3 is 5.97 Å². The van der Waals surface area contributed by atoms with E-state index < -0.39 is 5.97 Å². The fourth-order valence-corrected chi connectivity index (χ4v) is 2.80. The maximum atomic E-state index is 12.4. The second kappa shape index (κ2) is 6.74. The first-order chi connectivity index (χ1) is 9.99. The van der Waals surface area contributed by atoms with E-state index >= 15 is 0 Å². The summed E-state index contributed by atoms with van der Waals surface area (Å²) >= 11 is 0. The molecule has 1 N–H and O–H groups in total.